The SMILES string of the molecule is CN(C)S(=O)(=O)n1cnc(S(=O)(=O)Nc2ccc(Oc3ccc(Cl)cc3Cl)c(Cl)c2)n1. The third-order valence-corrected chi connectivity index (χ3v) is 7.26. The Kier molecular flexibility index (Phi) is 6.69. The summed E-state index contributed by atoms with van der Waals surface area (Å²) >= 11 is 18.1. The summed E-state index contributed by atoms with van der Waals surface area (Å²) in [5.74, 6) is 0.520. The Balaban J connectivity index is 1.81. The molecule has 2 aromatic carbocycles. The van der Waals surface area contributed by atoms with Crippen LogP contribution in [0.1, 0.15) is 0 Å². The number of hydrogen-bond donors (Lipinski definition) is 1. The average Bonchev–Trinajstić information content (AvgIpc) is 3.17. The second-order valence-corrected chi connectivity index (χ2v) is 10.9. The molecular weight excluding hydrogens is 513 g/mol. The van der Waals surface area contributed by atoms with Crippen molar-refractivity contribution < 1.29 is 21.6 Å². The topological polar surface area (TPSA) is 123 Å². The van der Waals surface area contributed by atoms with E-state index < -0.39 is 25.4 Å². The monoisotopic (exact) mass is 525 g/mol. The second-order valence-electron chi connectivity index (χ2n) is 6.12. The zero-order valence-corrected chi connectivity index (χ0v) is 19.7. The van der Waals surface area contributed by atoms with Gasteiger partial charge in [-0.25, -0.2) is 4.98 Å². The number of benzene rings is 2. The molecule has 1 aromatic heterocycles. The molecule has 1 N–H and O–H groups in total. The van der Waals surface area contributed by atoms with Crippen LogP contribution in [0.15, 0.2) is 47.9 Å². The Morgan fingerprint density at radius 2 is 1.58 bits per heavy atom. The molecule has 166 valence electrons. The molecule has 0 aliphatic heterocycles. The summed E-state index contributed by atoms with van der Waals surface area (Å²) in [5, 5.41) is 3.57. The van der Waals surface area contributed by atoms with Gasteiger partial charge in [0.15, 0.2) is 0 Å². The molecule has 0 amide bonds. The van der Waals surface area contributed by atoms with Crippen LogP contribution in [0, 0.1) is 0 Å². The molecule has 3 aromatic rings. The molecule has 3 rings (SSSR count). The first-order chi connectivity index (χ1) is 14.4. The quantitative estimate of drug-likeness (QED) is 0.500. The molecule has 0 bridgehead atoms. The van der Waals surface area contributed by atoms with E-state index in [1.165, 1.54) is 38.4 Å². The lowest BCUT2D eigenvalue weighted by molar-refractivity contribution is 0.483. The van der Waals surface area contributed by atoms with Crippen LogP contribution in [0.2, 0.25) is 15.1 Å². The van der Waals surface area contributed by atoms with Crippen LogP contribution in [0.25, 0.3) is 0 Å². The van der Waals surface area contributed by atoms with Gasteiger partial charge in [-0.3, -0.25) is 4.72 Å². The van der Waals surface area contributed by atoms with Gasteiger partial charge in [0.05, 0.1) is 15.7 Å². The summed E-state index contributed by atoms with van der Waals surface area (Å²) in [6.07, 6.45) is 0.781. The van der Waals surface area contributed by atoms with Gasteiger partial charge in [0, 0.05) is 19.1 Å². The number of ether oxygens (including phenoxy) is 1. The van der Waals surface area contributed by atoms with Crippen LogP contribution >= 0.6 is 34.8 Å². The minimum Gasteiger partial charge on any atom is -0.454 e. The van der Waals surface area contributed by atoms with E-state index in [9.17, 15) is 16.8 Å². The van der Waals surface area contributed by atoms with Crippen molar-refractivity contribution in [3.63, 3.8) is 0 Å². The lowest BCUT2D eigenvalue weighted by atomic mass is 10.3. The predicted molar refractivity (Wildman–Crippen MR) is 117 cm³/mol. The Morgan fingerprint density at radius 3 is 2.16 bits per heavy atom. The zero-order valence-electron chi connectivity index (χ0n) is 15.8. The highest BCUT2D eigenvalue weighted by molar-refractivity contribution is 7.92. The lowest BCUT2D eigenvalue weighted by Crippen LogP contribution is -2.29. The van der Waals surface area contributed by atoms with Gasteiger partial charge < -0.3 is 4.74 Å². The first-order valence-corrected chi connectivity index (χ1v) is 12.2. The summed E-state index contributed by atoms with van der Waals surface area (Å²) in [6, 6.07) is 8.75. The van der Waals surface area contributed by atoms with E-state index >= 15 is 0 Å². The Hall–Kier alpha value is -2.09. The number of sulfonamides is 1. The number of nitrogens with zero attached hydrogens (tertiary/aromatic N) is 4. The van der Waals surface area contributed by atoms with Gasteiger partial charge in [-0.15, -0.1) is 9.19 Å². The van der Waals surface area contributed by atoms with Gasteiger partial charge in [0.25, 0.3) is 15.2 Å². The fourth-order valence-electron chi connectivity index (χ4n) is 2.16. The van der Waals surface area contributed by atoms with Crippen molar-refractivity contribution in [2.45, 2.75) is 5.16 Å². The molecule has 0 fully saturated rings. The van der Waals surface area contributed by atoms with Crippen molar-refractivity contribution in [3.05, 3.63) is 57.8 Å². The summed E-state index contributed by atoms with van der Waals surface area (Å²) < 4.78 is 58.2. The maximum Gasteiger partial charge on any atom is 0.323 e. The Morgan fingerprint density at radius 1 is 0.968 bits per heavy atom. The molecule has 31 heavy (non-hydrogen) atoms. The van der Waals surface area contributed by atoms with E-state index in [0.717, 1.165) is 10.6 Å². The van der Waals surface area contributed by atoms with Gasteiger partial charge in [-0.1, -0.05) is 34.8 Å². The van der Waals surface area contributed by atoms with Crippen LogP contribution in [0.3, 0.4) is 0 Å². The largest absolute Gasteiger partial charge is 0.454 e. The normalized spacial score (nSPS) is 12.2. The second kappa shape index (κ2) is 8.81. The number of aromatic nitrogens is 3. The van der Waals surface area contributed by atoms with E-state index in [0.29, 0.717) is 14.9 Å². The number of anilines is 1. The Bertz CT molecular complexity index is 1340. The fourth-order valence-corrected chi connectivity index (χ4v) is 4.47. The highest BCUT2D eigenvalue weighted by Crippen LogP contribution is 2.36. The first-order valence-electron chi connectivity index (χ1n) is 8.20. The van der Waals surface area contributed by atoms with Gasteiger partial charge >= 0.3 is 10.2 Å². The fraction of sp³-hybridized carbons (Fsp3) is 0.125. The van der Waals surface area contributed by atoms with E-state index in [1.54, 1.807) is 12.1 Å². The van der Waals surface area contributed by atoms with Crippen molar-refractivity contribution in [3.8, 4) is 11.5 Å². The maximum absolute atomic E-state index is 12.5. The molecule has 0 saturated carbocycles. The average molecular weight is 527 g/mol. The third-order valence-electron chi connectivity index (χ3n) is 3.69. The number of hydrogen-bond acceptors (Lipinski definition) is 7. The first kappa shape index (κ1) is 23.6. The van der Waals surface area contributed by atoms with Gasteiger partial charge in [-0.2, -0.15) is 21.1 Å². The van der Waals surface area contributed by atoms with Crippen LogP contribution in [-0.2, 0) is 20.2 Å². The number of nitrogens with one attached hydrogen (secondary N) is 1. The molecule has 15 heteroatoms. The molecular formula is C16H14Cl3N5O5S2. The molecule has 0 aliphatic rings. The molecule has 0 spiro atoms. The summed E-state index contributed by atoms with van der Waals surface area (Å²) in [5.41, 5.74) is 0.0753. The van der Waals surface area contributed by atoms with Crippen LogP contribution < -0.4 is 9.46 Å². The van der Waals surface area contributed by atoms with Gasteiger partial charge in [-0.05, 0) is 36.4 Å². The molecule has 0 atom stereocenters. The van der Waals surface area contributed by atoms with E-state index in [2.05, 4.69) is 14.8 Å². The summed E-state index contributed by atoms with van der Waals surface area (Å²) in [6.45, 7) is 0. The molecule has 0 unspecified atom stereocenters. The van der Waals surface area contributed by atoms with Crippen LogP contribution in [-0.4, -0.2) is 49.4 Å². The van der Waals surface area contributed by atoms with Gasteiger partial charge in [0.1, 0.15) is 17.8 Å². The summed E-state index contributed by atoms with van der Waals surface area (Å²) in [7, 11) is -5.76. The minimum atomic E-state index is -4.29. The highest BCUT2D eigenvalue weighted by atomic mass is 35.5. The molecule has 10 nitrogen and oxygen atoms in total. The Labute approximate surface area is 193 Å². The molecule has 0 saturated heterocycles. The molecule has 0 aliphatic carbocycles. The standard InChI is InChI=1S/C16H14Cl3N5O5S2/c1-23(2)31(27,28)24-9-20-16(21-24)30(25,26)22-11-4-6-15(13(19)8-11)29-14-5-3-10(17)7-12(14)18/h3-9,22H,1-2H3. The third kappa shape index (κ3) is 5.22. The van der Waals surface area contributed by atoms with Gasteiger partial charge in [0.2, 0.25) is 0 Å². The van der Waals surface area contributed by atoms with E-state index in [-0.39, 0.29) is 21.5 Å². The number of rotatable bonds is 7. The number of halogens is 3. The van der Waals surface area contributed by atoms with Crippen molar-refractivity contribution in [1.82, 2.24) is 18.5 Å². The van der Waals surface area contributed by atoms with Crippen LogP contribution in [0.4, 0.5) is 5.69 Å². The molecule has 0 radical (unpaired) electrons. The van der Waals surface area contributed by atoms with E-state index in [1.807, 2.05) is 0 Å². The zero-order chi connectivity index (χ0) is 23.0. The van der Waals surface area contributed by atoms with Crippen LogP contribution in [0.5, 0.6) is 11.5 Å². The summed E-state index contributed by atoms with van der Waals surface area (Å²) in [4.78, 5) is 3.56. The minimum absolute atomic E-state index is 0.0753. The van der Waals surface area contributed by atoms with Crippen molar-refractivity contribution in [2.75, 3.05) is 18.8 Å². The predicted octanol–water partition coefficient (Wildman–Crippen LogP) is 3.49. The lowest BCUT2D eigenvalue weighted by Gasteiger charge is -2.11. The molecule has 1 heterocycles. The van der Waals surface area contributed by atoms with E-state index in [4.69, 9.17) is 39.5 Å². The van der Waals surface area contributed by atoms with Crippen molar-refractivity contribution >= 4 is 60.7 Å². The van der Waals surface area contributed by atoms with Crippen molar-refractivity contribution in [1.29, 1.82) is 0 Å². The maximum atomic E-state index is 12.5. The smallest absolute Gasteiger partial charge is 0.323 e. The highest BCUT2D eigenvalue weighted by Gasteiger charge is 2.25. The van der Waals surface area contributed by atoms with Crippen molar-refractivity contribution in [2.24, 2.45) is 0 Å².